The van der Waals surface area contributed by atoms with E-state index < -0.39 is 16.0 Å². The van der Waals surface area contributed by atoms with Crippen LogP contribution >= 0.6 is 0 Å². The van der Waals surface area contributed by atoms with Crippen molar-refractivity contribution in [1.82, 2.24) is 0 Å². The van der Waals surface area contributed by atoms with E-state index >= 15 is 0 Å². The van der Waals surface area contributed by atoms with Gasteiger partial charge in [-0.15, -0.1) is 0 Å². The maximum Gasteiger partial charge on any atom is 0.305 e. The second-order valence-corrected chi connectivity index (χ2v) is 7.01. The summed E-state index contributed by atoms with van der Waals surface area (Å²) in [5.41, 5.74) is 1.47. The molecule has 112 valence electrons. The lowest BCUT2D eigenvalue weighted by molar-refractivity contribution is -0.136. The molecule has 1 rings (SSSR count). The molecule has 0 unspecified atom stereocenters. The van der Waals surface area contributed by atoms with E-state index in [1.54, 1.807) is 19.1 Å². The Balaban J connectivity index is 3.27. The monoisotopic (exact) mass is 299 g/mol. The molecule has 0 heterocycles. The predicted octanol–water partition coefficient (Wildman–Crippen LogP) is 2.44. The largest absolute Gasteiger partial charge is 0.481 e. The Bertz CT molecular complexity index is 566. The molecule has 1 N–H and O–H groups in total. The van der Waals surface area contributed by atoms with Gasteiger partial charge in [0, 0.05) is 6.54 Å². The van der Waals surface area contributed by atoms with Crippen LogP contribution in [0.1, 0.15) is 38.7 Å². The first kappa shape index (κ1) is 16.5. The van der Waals surface area contributed by atoms with Crippen molar-refractivity contribution in [2.75, 3.05) is 16.6 Å². The molecule has 6 heteroatoms. The number of benzene rings is 1. The Morgan fingerprint density at radius 1 is 1.30 bits per heavy atom. The first-order chi connectivity index (χ1) is 9.29. The predicted molar refractivity (Wildman–Crippen MR) is 79.6 cm³/mol. The maximum absolute atomic E-state index is 12.2. The van der Waals surface area contributed by atoms with Crippen LogP contribution in [0, 0.1) is 0 Å². The summed E-state index contributed by atoms with van der Waals surface area (Å²) in [7, 11) is -3.50. The molecule has 0 aliphatic rings. The summed E-state index contributed by atoms with van der Waals surface area (Å²) in [6.45, 7) is 5.47. The zero-order chi connectivity index (χ0) is 15.3. The fourth-order valence-electron chi connectivity index (χ4n) is 1.97. The fourth-order valence-corrected chi connectivity index (χ4v) is 3.11. The molecule has 0 bridgehead atoms. The molecule has 0 atom stereocenters. The van der Waals surface area contributed by atoms with E-state index in [4.69, 9.17) is 5.11 Å². The summed E-state index contributed by atoms with van der Waals surface area (Å²) in [4.78, 5) is 10.7. The van der Waals surface area contributed by atoms with Crippen LogP contribution in [-0.2, 0) is 14.8 Å². The lowest BCUT2D eigenvalue weighted by Gasteiger charge is -2.26. The van der Waals surface area contributed by atoms with E-state index in [-0.39, 0.29) is 24.6 Å². The zero-order valence-corrected chi connectivity index (χ0v) is 12.9. The molecule has 0 radical (unpaired) electrons. The third-order valence-corrected chi connectivity index (χ3v) is 4.84. The van der Waals surface area contributed by atoms with E-state index in [0.29, 0.717) is 5.69 Å². The first-order valence-corrected chi connectivity index (χ1v) is 8.21. The minimum atomic E-state index is -3.50. The van der Waals surface area contributed by atoms with E-state index in [9.17, 15) is 13.2 Å². The second-order valence-electron chi connectivity index (χ2n) is 4.83. The molecule has 0 saturated carbocycles. The molecule has 0 aromatic heterocycles. The van der Waals surface area contributed by atoms with Gasteiger partial charge in [0.15, 0.2) is 0 Å². The molecule has 5 nitrogen and oxygen atoms in total. The van der Waals surface area contributed by atoms with Gasteiger partial charge in [-0.2, -0.15) is 0 Å². The number of nitrogens with zero attached hydrogens (tertiary/aromatic N) is 1. The Hall–Kier alpha value is -1.56. The summed E-state index contributed by atoms with van der Waals surface area (Å²) in [5, 5.41) is 8.80. The van der Waals surface area contributed by atoms with Crippen LogP contribution in [0.3, 0.4) is 0 Å². The number of carboxylic acid groups (broad SMARTS) is 1. The SMILES string of the molecule is CCS(=O)(=O)N(CCC(=O)O)c1ccccc1C(C)C. The highest BCUT2D eigenvalue weighted by atomic mass is 32.2. The highest BCUT2D eigenvalue weighted by Gasteiger charge is 2.24. The van der Waals surface area contributed by atoms with Crippen molar-refractivity contribution < 1.29 is 18.3 Å². The van der Waals surface area contributed by atoms with E-state index in [0.717, 1.165) is 5.56 Å². The van der Waals surface area contributed by atoms with E-state index in [1.807, 2.05) is 26.0 Å². The molecule has 1 aromatic carbocycles. The number of sulfonamides is 1. The van der Waals surface area contributed by atoms with E-state index in [2.05, 4.69) is 0 Å². The summed E-state index contributed by atoms with van der Waals surface area (Å²) in [5.74, 6) is -0.909. The fraction of sp³-hybridized carbons (Fsp3) is 0.500. The molecular formula is C14H21NO4S. The van der Waals surface area contributed by atoms with Crippen molar-refractivity contribution in [2.24, 2.45) is 0 Å². The number of carbonyl (C=O) groups is 1. The summed E-state index contributed by atoms with van der Waals surface area (Å²) in [6, 6.07) is 7.22. The van der Waals surface area contributed by atoms with Gasteiger partial charge in [0.1, 0.15) is 0 Å². The summed E-state index contributed by atoms with van der Waals surface area (Å²) < 4.78 is 25.7. The van der Waals surface area contributed by atoms with Crippen LogP contribution < -0.4 is 4.31 Å². The first-order valence-electron chi connectivity index (χ1n) is 6.60. The average Bonchev–Trinajstić information content (AvgIpc) is 2.38. The van der Waals surface area contributed by atoms with Gasteiger partial charge in [-0.1, -0.05) is 32.0 Å². The van der Waals surface area contributed by atoms with Crippen molar-refractivity contribution >= 4 is 21.7 Å². The molecule has 0 spiro atoms. The highest BCUT2D eigenvalue weighted by molar-refractivity contribution is 7.92. The van der Waals surface area contributed by atoms with Gasteiger partial charge in [0.2, 0.25) is 10.0 Å². The Morgan fingerprint density at radius 2 is 1.90 bits per heavy atom. The van der Waals surface area contributed by atoms with Gasteiger partial charge in [0.25, 0.3) is 0 Å². The third kappa shape index (κ3) is 3.96. The number of aliphatic carboxylic acids is 1. The summed E-state index contributed by atoms with van der Waals surface area (Å²) >= 11 is 0. The Kier molecular flexibility index (Phi) is 5.56. The number of rotatable bonds is 7. The Morgan fingerprint density at radius 3 is 2.40 bits per heavy atom. The highest BCUT2D eigenvalue weighted by Crippen LogP contribution is 2.29. The molecule has 0 aliphatic heterocycles. The molecule has 0 saturated heterocycles. The average molecular weight is 299 g/mol. The van der Waals surface area contributed by atoms with Crippen molar-refractivity contribution in [2.45, 2.75) is 33.1 Å². The van der Waals surface area contributed by atoms with Gasteiger partial charge < -0.3 is 5.11 Å². The van der Waals surface area contributed by atoms with E-state index in [1.165, 1.54) is 4.31 Å². The molecular weight excluding hydrogens is 278 g/mol. The molecule has 20 heavy (non-hydrogen) atoms. The van der Waals surface area contributed by atoms with Crippen molar-refractivity contribution in [1.29, 1.82) is 0 Å². The second kappa shape index (κ2) is 6.74. The van der Waals surface area contributed by atoms with Crippen molar-refractivity contribution in [3.05, 3.63) is 29.8 Å². The quantitative estimate of drug-likeness (QED) is 0.839. The molecule has 1 aromatic rings. The minimum Gasteiger partial charge on any atom is -0.481 e. The standard InChI is InChI=1S/C14H21NO4S/c1-4-20(18,19)15(10-9-14(16)17)13-8-6-5-7-12(13)11(2)3/h5-8,11H,4,9-10H2,1-3H3,(H,16,17). The van der Waals surface area contributed by atoms with Crippen LogP contribution in [0.5, 0.6) is 0 Å². The smallest absolute Gasteiger partial charge is 0.305 e. The lowest BCUT2D eigenvalue weighted by atomic mass is 10.0. The lowest BCUT2D eigenvalue weighted by Crippen LogP contribution is -2.35. The number of para-hydroxylation sites is 1. The summed E-state index contributed by atoms with van der Waals surface area (Å²) in [6.07, 6.45) is -0.217. The normalized spacial score (nSPS) is 11.6. The van der Waals surface area contributed by atoms with Crippen LogP contribution in [0.4, 0.5) is 5.69 Å². The number of hydrogen-bond donors (Lipinski definition) is 1. The van der Waals surface area contributed by atoms with Gasteiger partial charge >= 0.3 is 5.97 Å². The van der Waals surface area contributed by atoms with Crippen molar-refractivity contribution in [3.8, 4) is 0 Å². The van der Waals surface area contributed by atoms with Crippen molar-refractivity contribution in [3.63, 3.8) is 0 Å². The van der Waals surface area contributed by atoms with Crippen LogP contribution in [0.15, 0.2) is 24.3 Å². The molecule has 0 aliphatic carbocycles. The van der Waals surface area contributed by atoms with Gasteiger partial charge in [-0.25, -0.2) is 8.42 Å². The van der Waals surface area contributed by atoms with Crippen LogP contribution in [0.25, 0.3) is 0 Å². The maximum atomic E-state index is 12.2. The number of carboxylic acids is 1. The zero-order valence-electron chi connectivity index (χ0n) is 12.0. The third-order valence-electron chi connectivity index (χ3n) is 3.06. The van der Waals surface area contributed by atoms with Gasteiger partial charge in [0.05, 0.1) is 17.9 Å². The van der Waals surface area contributed by atoms with Gasteiger partial charge in [-0.05, 0) is 24.5 Å². The molecule has 0 amide bonds. The minimum absolute atomic E-state index is 0.0464. The number of hydrogen-bond acceptors (Lipinski definition) is 3. The van der Waals surface area contributed by atoms with Gasteiger partial charge in [-0.3, -0.25) is 9.10 Å². The molecule has 0 fully saturated rings. The topological polar surface area (TPSA) is 74.7 Å². The Labute approximate surface area is 120 Å². The number of anilines is 1. The van der Waals surface area contributed by atoms with Crippen LogP contribution in [0.2, 0.25) is 0 Å². The van der Waals surface area contributed by atoms with Crippen LogP contribution in [-0.4, -0.2) is 31.8 Å².